The lowest BCUT2D eigenvalue weighted by Gasteiger charge is -2.12. The Balaban J connectivity index is 1.33. The number of amides is 1. The highest BCUT2D eigenvalue weighted by atomic mass is 16.1. The Labute approximate surface area is 192 Å². The van der Waals surface area contributed by atoms with Crippen LogP contribution in [0.5, 0.6) is 0 Å². The van der Waals surface area contributed by atoms with Crippen LogP contribution < -0.4 is 16.4 Å². The molecule has 1 amide bonds. The Morgan fingerprint density at radius 3 is 2.91 bits per heavy atom. The molecule has 170 valence electrons. The molecule has 0 saturated heterocycles. The number of nitrogens with two attached hydrogens (primary N) is 1. The van der Waals surface area contributed by atoms with E-state index >= 15 is 0 Å². The fourth-order valence-electron chi connectivity index (χ4n) is 4.10. The number of fused-ring (bicyclic) bond motifs is 1. The summed E-state index contributed by atoms with van der Waals surface area (Å²) in [6, 6.07) is 5.94. The highest BCUT2D eigenvalue weighted by molar-refractivity contribution is 6.06. The van der Waals surface area contributed by atoms with Crippen LogP contribution in [0.2, 0.25) is 0 Å². The van der Waals surface area contributed by atoms with E-state index in [4.69, 9.17) is 5.73 Å². The van der Waals surface area contributed by atoms with E-state index in [-0.39, 0.29) is 5.91 Å². The van der Waals surface area contributed by atoms with Gasteiger partial charge in [-0.15, -0.1) is 0 Å². The topological polar surface area (TPSA) is 122 Å². The molecule has 5 rings (SSSR count). The van der Waals surface area contributed by atoms with Crippen LogP contribution in [0.4, 0.5) is 0 Å². The zero-order chi connectivity index (χ0) is 22.9. The van der Waals surface area contributed by atoms with E-state index in [9.17, 15) is 4.79 Å². The first-order valence-electron chi connectivity index (χ1n) is 11.3. The number of aryl methyl sites for hydroxylation is 2. The van der Waals surface area contributed by atoms with E-state index in [0.29, 0.717) is 42.9 Å². The molecule has 2 aromatic heterocycles. The van der Waals surface area contributed by atoms with Gasteiger partial charge in [-0.25, -0.2) is 15.0 Å². The van der Waals surface area contributed by atoms with Crippen molar-refractivity contribution in [3.63, 3.8) is 0 Å². The van der Waals surface area contributed by atoms with Gasteiger partial charge < -0.3 is 16.4 Å². The van der Waals surface area contributed by atoms with Crippen molar-refractivity contribution < 1.29 is 4.79 Å². The minimum atomic E-state index is -0.137. The molecule has 1 aliphatic heterocycles. The van der Waals surface area contributed by atoms with E-state index in [1.807, 2.05) is 42.6 Å². The van der Waals surface area contributed by atoms with Crippen molar-refractivity contribution in [2.45, 2.75) is 39.2 Å². The van der Waals surface area contributed by atoms with Crippen LogP contribution >= 0.6 is 0 Å². The predicted molar refractivity (Wildman–Crippen MR) is 128 cm³/mol. The summed E-state index contributed by atoms with van der Waals surface area (Å²) in [7, 11) is 0. The smallest absolute Gasteiger partial charge is 0.270 e. The zero-order valence-corrected chi connectivity index (χ0v) is 18.9. The number of amidine groups is 2. The second-order valence-electron chi connectivity index (χ2n) is 8.72. The SMILES string of the molecule is Cc1cnc2nc(C3CC3)c(C(=O)NCc3ccc(C(N)=NC4=NCCNC4)c(C)c3)n2c1. The molecule has 1 fully saturated rings. The lowest BCUT2D eigenvalue weighted by Crippen LogP contribution is -2.31. The van der Waals surface area contributed by atoms with Gasteiger partial charge in [-0.2, -0.15) is 0 Å². The van der Waals surface area contributed by atoms with Crippen molar-refractivity contribution in [3.8, 4) is 0 Å². The molecule has 1 aromatic carbocycles. The molecule has 1 saturated carbocycles. The normalized spacial score (nSPS) is 16.7. The maximum absolute atomic E-state index is 13.2. The molecule has 4 N–H and O–H groups in total. The Morgan fingerprint density at radius 1 is 1.33 bits per heavy atom. The number of nitrogens with one attached hydrogen (secondary N) is 2. The van der Waals surface area contributed by atoms with E-state index in [1.54, 1.807) is 6.20 Å². The molecule has 9 heteroatoms. The van der Waals surface area contributed by atoms with Crippen molar-refractivity contribution in [2.75, 3.05) is 19.6 Å². The van der Waals surface area contributed by atoms with E-state index in [1.165, 1.54) is 0 Å². The van der Waals surface area contributed by atoms with Crippen LogP contribution in [-0.4, -0.2) is 51.6 Å². The van der Waals surface area contributed by atoms with Crippen molar-refractivity contribution in [3.05, 3.63) is 64.2 Å². The fourth-order valence-corrected chi connectivity index (χ4v) is 4.10. The maximum Gasteiger partial charge on any atom is 0.270 e. The molecule has 0 spiro atoms. The van der Waals surface area contributed by atoms with Crippen molar-refractivity contribution in [2.24, 2.45) is 15.7 Å². The number of aromatic nitrogens is 3. The molecule has 33 heavy (non-hydrogen) atoms. The van der Waals surface area contributed by atoms with Gasteiger partial charge in [0, 0.05) is 37.0 Å². The van der Waals surface area contributed by atoms with Gasteiger partial charge in [0.2, 0.25) is 5.78 Å². The molecule has 0 radical (unpaired) electrons. The van der Waals surface area contributed by atoms with Crippen molar-refractivity contribution in [1.82, 2.24) is 25.0 Å². The second-order valence-corrected chi connectivity index (χ2v) is 8.72. The standard InChI is InChI=1S/C24H28N8O/c1-14-10-29-24-31-20(17-4-5-17)21(32(24)13-14)23(33)28-11-16-3-6-18(15(2)9-16)22(25)30-19-12-26-7-8-27-19/h3,6,9-10,13,17,26H,4-5,7-8,11-12H2,1-2H3,(H,28,33)(H2,25,27,30). The van der Waals surface area contributed by atoms with Crippen LogP contribution in [-0.2, 0) is 6.54 Å². The number of carbonyl (C=O) groups is 1. The summed E-state index contributed by atoms with van der Waals surface area (Å²) in [5, 5.41) is 6.30. The van der Waals surface area contributed by atoms with Gasteiger partial charge in [0.1, 0.15) is 17.4 Å². The number of carbonyl (C=O) groups excluding carboxylic acids is 1. The molecule has 3 heterocycles. The molecule has 9 nitrogen and oxygen atoms in total. The molecule has 1 aliphatic carbocycles. The zero-order valence-electron chi connectivity index (χ0n) is 18.9. The first-order chi connectivity index (χ1) is 16.0. The van der Waals surface area contributed by atoms with Crippen molar-refractivity contribution in [1.29, 1.82) is 0 Å². The van der Waals surface area contributed by atoms with E-state index in [2.05, 4.69) is 30.6 Å². The summed E-state index contributed by atoms with van der Waals surface area (Å²) in [5.41, 5.74) is 11.5. The molecule has 0 unspecified atom stereocenters. The second kappa shape index (κ2) is 8.74. The van der Waals surface area contributed by atoms with Gasteiger partial charge in [-0.3, -0.25) is 14.2 Å². The Kier molecular flexibility index (Phi) is 5.63. The lowest BCUT2D eigenvalue weighted by molar-refractivity contribution is 0.0944. The summed E-state index contributed by atoms with van der Waals surface area (Å²) in [6.07, 6.45) is 5.82. The minimum absolute atomic E-state index is 0.137. The molecule has 0 atom stereocenters. The lowest BCUT2D eigenvalue weighted by atomic mass is 10.0. The van der Waals surface area contributed by atoms with Gasteiger partial charge in [0.05, 0.1) is 18.8 Å². The van der Waals surface area contributed by atoms with Crippen molar-refractivity contribution >= 4 is 23.4 Å². The van der Waals surface area contributed by atoms with Gasteiger partial charge in [-0.05, 0) is 43.4 Å². The quantitative estimate of drug-likeness (QED) is 0.410. The highest BCUT2D eigenvalue weighted by Gasteiger charge is 2.33. The summed E-state index contributed by atoms with van der Waals surface area (Å²) in [4.78, 5) is 31.1. The monoisotopic (exact) mass is 444 g/mol. The summed E-state index contributed by atoms with van der Waals surface area (Å²) in [5.74, 6) is 1.95. The third-order valence-electron chi connectivity index (χ3n) is 5.95. The summed E-state index contributed by atoms with van der Waals surface area (Å²) in [6.45, 7) is 6.57. The maximum atomic E-state index is 13.2. The number of imidazole rings is 1. The Bertz CT molecular complexity index is 1290. The Hall–Kier alpha value is -3.59. The Morgan fingerprint density at radius 2 is 2.18 bits per heavy atom. The molecule has 2 aliphatic rings. The molecule has 0 bridgehead atoms. The van der Waals surface area contributed by atoms with E-state index in [0.717, 1.165) is 53.2 Å². The number of rotatable bonds is 5. The van der Waals surface area contributed by atoms with Gasteiger partial charge in [0.25, 0.3) is 5.91 Å². The molecule has 3 aromatic rings. The number of aliphatic imine (C=N–C) groups is 2. The number of benzene rings is 1. The number of hydrogen-bond acceptors (Lipinski definition) is 6. The fraction of sp³-hybridized carbons (Fsp3) is 0.375. The third-order valence-corrected chi connectivity index (χ3v) is 5.95. The van der Waals surface area contributed by atoms with Crippen LogP contribution in [0, 0.1) is 13.8 Å². The van der Waals surface area contributed by atoms with Crippen LogP contribution in [0.25, 0.3) is 5.78 Å². The third kappa shape index (κ3) is 4.49. The molecular weight excluding hydrogens is 416 g/mol. The number of nitrogens with zero attached hydrogens (tertiary/aromatic N) is 5. The summed E-state index contributed by atoms with van der Waals surface area (Å²) < 4.78 is 1.81. The average Bonchev–Trinajstić information content (AvgIpc) is 3.58. The van der Waals surface area contributed by atoms with Crippen LogP contribution in [0.1, 0.15) is 57.2 Å². The van der Waals surface area contributed by atoms with Crippen LogP contribution in [0.3, 0.4) is 0 Å². The first-order valence-corrected chi connectivity index (χ1v) is 11.3. The minimum Gasteiger partial charge on any atom is -0.383 e. The van der Waals surface area contributed by atoms with E-state index < -0.39 is 0 Å². The summed E-state index contributed by atoms with van der Waals surface area (Å²) >= 11 is 0. The molecular formula is C24H28N8O. The largest absolute Gasteiger partial charge is 0.383 e. The number of hydrogen-bond donors (Lipinski definition) is 3. The van der Waals surface area contributed by atoms with Gasteiger partial charge >= 0.3 is 0 Å². The van der Waals surface area contributed by atoms with Gasteiger partial charge in [-0.1, -0.05) is 18.2 Å². The highest BCUT2D eigenvalue weighted by Crippen LogP contribution is 2.41. The van der Waals surface area contributed by atoms with Crippen LogP contribution in [0.15, 0.2) is 40.6 Å². The van der Waals surface area contributed by atoms with Gasteiger partial charge in [0.15, 0.2) is 0 Å². The average molecular weight is 445 g/mol. The predicted octanol–water partition coefficient (Wildman–Crippen LogP) is 1.86. The first kappa shape index (κ1) is 21.3.